The molecule has 1 atom stereocenters. The molecule has 0 aliphatic heterocycles. The molecule has 0 amide bonds. The highest BCUT2D eigenvalue weighted by Gasteiger charge is 2.10. The lowest BCUT2D eigenvalue weighted by Gasteiger charge is -2.15. The molecule has 1 N–H and O–H groups in total. The molecule has 2 aromatic carbocycles. The van der Waals surface area contributed by atoms with Gasteiger partial charge < -0.3 is 10.1 Å². The molecule has 0 radical (unpaired) electrons. The molecule has 4 heteroatoms. The topological polar surface area (TPSA) is 21.3 Å². The summed E-state index contributed by atoms with van der Waals surface area (Å²) in [6, 6.07) is 11.6. The highest BCUT2D eigenvalue weighted by molar-refractivity contribution is 5.26. The minimum absolute atomic E-state index is 0.0229. The van der Waals surface area contributed by atoms with Gasteiger partial charge in [-0.05, 0) is 38.1 Å². The van der Waals surface area contributed by atoms with Crippen molar-refractivity contribution in [2.24, 2.45) is 0 Å². The van der Waals surface area contributed by atoms with Crippen molar-refractivity contribution < 1.29 is 13.5 Å². The SMILES string of the molecule is Cc1ccc(OCC(C)NCc2c(F)cccc2F)cc1. The third-order valence-corrected chi connectivity index (χ3v) is 3.21. The Balaban J connectivity index is 1.82. The van der Waals surface area contributed by atoms with Gasteiger partial charge in [-0.2, -0.15) is 0 Å². The van der Waals surface area contributed by atoms with Gasteiger partial charge in [0.15, 0.2) is 0 Å². The van der Waals surface area contributed by atoms with Gasteiger partial charge in [0.1, 0.15) is 24.0 Å². The van der Waals surface area contributed by atoms with E-state index in [1.54, 1.807) is 0 Å². The van der Waals surface area contributed by atoms with Gasteiger partial charge in [-0.25, -0.2) is 8.78 Å². The Morgan fingerprint density at radius 2 is 1.67 bits per heavy atom. The fourth-order valence-electron chi connectivity index (χ4n) is 1.89. The first-order valence-electron chi connectivity index (χ1n) is 6.92. The molecule has 0 aromatic heterocycles. The Hall–Kier alpha value is -1.94. The van der Waals surface area contributed by atoms with Crippen molar-refractivity contribution in [3.63, 3.8) is 0 Å². The highest BCUT2D eigenvalue weighted by atomic mass is 19.1. The molecular weight excluding hydrogens is 272 g/mol. The van der Waals surface area contributed by atoms with E-state index in [9.17, 15) is 8.78 Å². The van der Waals surface area contributed by atoms with E-state index in [2.05, 4.69) is 5.32 Å². The Labute approximate surface area is 123 Å². The minimum Gasteiger partial charge on any atom is -0.492 e. The minimum atomic E-state index is -0.533. The second-order valence-corrected chi connectivity index (χ2v) is 5.11. The van der Waals surface area contributed by atoms with Crippen LogP contribution in [0.5, 0.6) is 5.75 Å². The van der Waals surface area contributed by atoms with Crippen molar-refractivity contribution in [2.45, 2.75) is 26.4 Å². The second kappa shape index (κ2) is 7.18. The van der Waals surface area contributed by atoms with E-state index < -0.39 is 11.6 Å². The molecule has 2 aromatic rings. The van der Waals surface area contributed by atoms with Crippen molar-refractivity contribution in [1.29, 1.82) is 0 Å². The van der Waals surface area contributed by atoms with Crippen molar-refractivity contribution in [2.75, 3.05) is 6.61 Å². The average molecular weight is 291 g/mol. The average Bonchev–Trinajstić information content (AvgIpc) is 2.46. The van der Waals surface area contributed by atoms with Gasteiger partial charge in [0.25, 0.3) is 0 Å². The van der Waals surface area contributed by atoms with Gasteiger partial charge in [0, 0.05) is 18.2 Å². The Morgan fingerprint density at radius 3 is 2.29 bits per heavy atom. The normalized spacial score (nSPS) is 12.2. The van der Waals surface area contributed by atoms with Crippen LogP contribution in [0.3, 0.4) is 0 Å². The molecule has 0 spiro atoms. The molecular formula is C17H19F2NO. The van der Waals surface area contributed by atoms with Crippen LogP contribution in [-0.4, -0.2) is 12.6 Å². The molecule has 0 fully saturated rings. The maximum atomic E-state index is 13.5. The first kappa shape index (κ1) is 15.4. The van der Waals surface area contributed by atoms with Gasteiger partial charge in [0.2, 0.25) is 0 Å². The van der Waals surface area contributed by atoms with Crippen molar-refractivity contribution in [1.82, 2.24) is 5.32 Å². The molecule has 0 saturated carbocycles. The van der Waals surface area contributed by atoms with E-state index in [1.807, 2.05) is 38.1 Å². The summed E-state index contributed by atoms with van der Waals surface area (Å²) >= 11 is 0. The summed E-state index contributed by atoms with van der Waals surface area (Å²) in [6.07, 6.45) is 0. The fraction of sp³-hybridized carbons (Fsp3) is 0.294. The summed E-state index contributed by atoms with van der Waals surface area (Å²) in [5, 5.41) is 3.06. The van der Waals surface area contributed by atoms with E-state index in [4.69, 9.17) is 4.74 Å². The highest BCUT2D eigenvalue weighted by Crippen LogP contribution is 2.13. The summed E-state index contributed by atoms with van der Waals surface area (Å²) in [7, 11) is 0. The van der Waals surface area contributed by atoms with Gasteiger partial charge in [-0.3, -0.25) is 0 Å². The second-order valence-electron chi connectivity index (χ2n) is 5.11. The number of nitrogens with one attached hydrogen (secondary N) is 1. The van der Waals surface area contributed by atoms with Crippen LogP contribution in [0.15, 0.2) is 42.5 Å². The number of aryl methyl sites for hydroxylation is 1. The van der Waals surface area contributed by atoms with E-state index in [0.717, 1.165) is 5.75 Å². The molecule has 0 heterocycles. The molecule has 21 heavy (non-hydrogen) atoms. The quantitative estimate of drug-likeness (QED) is 0.873. The van der Waals surface area contributed by atoms with Crippen LogP contribution in [0.4, 0.5) is 8.78 Å². The van der Waals surface area contributed by atoms with E-state index >= 15 is 0 Å². The summed E-state index contributed by atoms with van der Waals surface area (Å²) in [6.45, 7) is 4.49. The van der Waals surface area contributed by atoms with Crippen LogP contribution >= 0.6 is 0 Å². The van der Waals surface area contributed by atoms with Crippen LogP contribution < -0.4 is 10.1 Å². The lowest BCUT2D eigenvalue weighted by Crippen LogP contribution is -2.31. The van der Waals surface area contributed by atoms with Crippen LogP contribution in [0.25, 0.3) is 0 Å². The molecule has 1 unspecified atom stereocenters. The lowest BCUT2D eigenvalue weighted by atomic mass is 10.2. The maximum absolute atomic E-state index is 13.5. The van der Waals surface area contributed by atoms with Crippen molar-refractivity contribution in [3.8, 4) is 5.75 Å². The zero-order valence-electron chi connectivity index (χ0n) is 12.2. The van der Waals surface area contributed by atoms with Crippen molar-refractivity contribution >= 4 is 0 Å². The van der Waals surface area contributed by atoms with Gasteiger partial charge >= 0.3 is 0 Å². The van der Waals surface area contributed by atoms with Gasteiger partial charge in [-0.15, -0.1) is 0 Å². The predicted octanol–water partition coefficient (Wildman–Crippen LogP) is 3.83. The zero-order chi connectivity index (χ0) is 15.2. The Kier molecular flexibility index (Phi) is 5.28. The smallest absolute Gasteiger partial charge is 0.130 e. The predicted molar refractivity (Wildman–Crippen MR) is 79.3 cm³/mol. The van der Waals surface area contributed by atoms with Crippen LogP contribution in [0.1, 0.15) is 18.1 Å². The van der Waals surface area contributed by atoms with E-state index in [-0.39, 0.29) is 18.2 Å². The monoisotopic (exact) mass is 291 g/mol. The van der Waals surface area contributed by atoms with Crippen LogP contribution in [0.2, 0.25) is 0 Å². The molecule has 2 rings (SSSR count). The first-order chi connectivity index (χ1) is 10.1. The number of hydrogen-bond acceptors (Lipinski definition) is 2. The molecule has 112 valence electrons. The van der Waals surface area contributed by atoms with E-state index in [0.29, 0.717) is 6.61 Å². The largest absolute Gasteiger partial charge is 0.492 e. The van der Waals surface area contributed by atoms with Crippen LogP contribution in [0, 0.1) is 18.6 Å². The standard InChI is InChI=1S/C17H19F2NO/c1-12-6-8-14(9-7-12)21-11-13(2)20-10-15-16(18)4-3-5-17(15)19/h3-9,13,20H,10-11H2,1-2H3. The number of halogens is 2. The van der Waals surface area contributed by atoms with Crippen LogP contribution in [-0.2, 0) is 6.54 Å². The zero-order valence-corrected chi connectivity index (χ0v) is 12.2. The molecule has 2 nitrogen and oxygen atoms in total. The third kappa shape index (κ3) is 4.53. The number of rotatable bonds is 6. The summed E-state index contributed by atoms with van der Waals surface area (Å²) in [4.78, 5) is 0. The first-order valence-corrected chi connectivity index (χ1v) is 6.92. The molecule has 0 aliphatic carbocycles. The Bertz CT molecular complexity index is 564. The van der Waals surface area contributed by atoms with E-state index in [1.165, 1.54) is 23.8 Å². The summed E-state index contributed by atoms with van der Waals surface area (Å²) < 4.78 is 32.6. The molecule has 0 bridgehead atoms. The summed E-state index contributed by atoms with van der Waals surface area (Å²) in [5.74, 6) is -0.283. The molecule has 0 saturated heterocycles. The lowest BCUT2D eigenvalue weighted by molar-refractivity contribution is 0.271. The molecule has 0 aliphatic rings. The summed E-state index contributed by atoms with van der Waals surface area (Å²) in [5.41, 5.74) is 1.23. The third-order valence-electron chi connectivity index (χ3n) is 3.21. The number of benzene rings is 2. The fourth-order valence-corrected chi connectivity index (χ4v) is 1.89. The Morgan fingerprint density at radius 1 is 1.05 bits per heavy atom. The van der Waals surface area contributed by atoms with Gasteiger partial charge in [0.05, 0.1) is 0 Å². The number of ether oxygens (including phenoxy) is 1. The van der Waals surface area contributed by atoms with Gasteiger partial charge in [-0.1, -0.05) is 23.8 Å². The van der Waals surface area contributed by atoms with Crippen molar-refractivity contribution in [3.05, 3.63) is 65.2 Å². The number of hydrogen-bond donors (Lipinski definition) is 1. The maximum Gasteiger partial charge on any atom is 0.130 e.